The van der Waals surface area contributed by atoms with Crippen molar-refractivity contribution >= 4 is 5.82 Å². The van der Waals surface area contributed by atoms with E-state index >= 15 is 0 Å². The molecule has 0 unspecified atom stereocenters. The van der Waals surface area contributed by atoms with Crippen LogP contribution >= 0.6 is 0 Å². The fourth-order valence-electron chi connectivity index (χ4n) is 0.467. The van der Waals surface area contributed by atoms with E-state index < -0.39 is 0 Å². The molecule has 42 valence electrons. The monoisotopic (exact) mass is 146 g/mol. The zero-order valence-electron chi connectivity index (χ0n) is 5.46. The van der Waals surface area contributed by atoms with Gasteiger partial charge in [-0.3, -0.25) is 7.05 Å². The zero-order chi connectivity index (χ0) is 5.82. The van der Waals surface area contributed by atoms with Crippen LogP contribution in [-0.2, 0) is 0 Å². The normalized spacial score (nSPS) is 7.67. The van der Waals surface area contributed by atoms with Gasteiger partial charge in [-0.1, -0.05) is 6.07 Å². The summed E-state index contributed by atoms with van der Waals surface area (Å²) in [4.78, 5) is 3.92. The number of nitrogens with zero attached hydrogens (tertiary/aromatic N) is 1. The Morgan fingerprint density at radius 1 is 1.44 bits per heavy atom. The van der Waals surface area contributed by atoms with Crippen molar-refractivity contribution in [1.29, 1.82) is 0 Å². The van der Waals surface area contributed by atoms with E-state index in [4.69, 9.17) is 0 Å². The van der Waals surface area contributed by atoms with Crippen LogP contribution in [0.4, 0.5) is 5.82 Å². The van der Waals surface area contributed by atoms with Gasteiger partial charge in [-0.05, 0) is 12.1 Å². The van der Waals surface area contributed by atoms with Gasteiger partial charge in [0, 0.05) is 6.20 Å². The molecule has 0 bridgehead atoms. The zero-order valence-corrected chi connectivity index (χ0v) is 8.59. The van der Waals surface area contributed by atoms with Gasteiger partial charge in [-0.2, -0.15) is 0 Å². The van der Waals surface area contributed by atoms with Crippen LogP contribution in [0.1, 0.15) is 0 Å². The molecule has 0 aliphatic heterocycles. The molecule has 0 aliphatic rings. The molecule has 1 heterocycles. The predicted octanol–water partition coefficient (Wildman–Crippen LogP) is -1.71. The van der Waals surface area contributed by atoms with Gasteiger partial charge in [0.1, 0.15) is 0 Å². The molecule has 1 aromatic heterocycles. The standard InChI is InChI=1S/C6H7N2.K/c1-7-6-4-2-3-5-8-6;/h2-5H,1H2,(H,7,8);/q-1;+1. The molecule has 1 aromatic rings. The molecule has 0 amide bonds. The number of nitrogens with one attached hydrogen (secondary N) is 1. The second-order valence-electron chi connectivity index (χ2n) is 1.39. The molecule has 3 heteroatoms. The predicted molar refractivity (Wildman–Crippen MR) is 33.2 cm³/mol. The molecule has 0 saturated heterocycles. The van der Waals surface area contributed by atoms with Crippen molar-refractivity contribution in [3.05, 3.63) is 31.4 Å². The van der Waals surface area contributed by atoms with Crippen LogP contribution in [0, 0.1) is 7.05 Å². The summed E-state index contributed by atoms with van der Waals surface area (Å²) in [6.07, 6.45) is 1.72. The molecule has 1 N–H and O–H groups in total. The topological polar surface area (TPSA) is 24.9 Å². The van der Waals surface area contributed by atoms with Crippen LogP contribution in [0.25, 0.3) is 0 Å². The van der Waals surface area contributed by atoms with Crippen molar-refractivity contribution in [2.75, 3.05) is 5.32 Å². The van der Waals surface area contributed by atoms with Gasteiger partial charge in [0.2, 0.25) is 0 Å². The quantitative estimate of drug-likeness (QED) is 0.377. The molecule has 0 atom stereocenters. The molecule has 0 aliphatic carbocycles. The Bertz CT molecular complexity index is 152. The molecule has 0 spiro atoms. The van der Waals surface area contributed by atoms with Crippen LogP contribution in [0.3, 0.4) is 0 Å². The average molecular weight is 146 g/mol. The summed E-state index contributed by atoms with van der Waals surface area (Å²) in [6.45, 7) is 0. The van der Waals surface area contributed by atoms with Crippen molar-refractivity contribution in [3.63, 3.8) is 0 Å². The third-order valence-corrected chi connectivity index (χ3v) is 0.846. The molecular weight excluding hydrogens is 139 g/mol. The summed E-state index contributed by atoms with van der Waals surface area (Å²) in [5.74, 6) is 0.799. The maximum absolute atomic E-state index is 3.92. The fourth-order valence-corrected chi connectivity index (χ4v) is 0.467. The van der Waals surface area contributed by atoms with E-state index in [1.54, 1.807) is 6.20 Å². The van der Waals surface area contributed by atoms with Gasteiger partial charge < -0.3 is 5.32 Å². The maximum atomic E-state index is 3.92. The fraction of sp³-hybridized carbons (Fsp3) is 0. The number of rotatable bonds is 1. The maximum Gasteiger partial charge on any atom is 1.00 e. The Labute approximate surface area is 97.5 Å². The average Bonchev–Trinajstić information content (AvgIpc) is 1.90. The summed E-state index contributed by atoms with van der Waals surface area (Å²) in [5.41, 5.74) is 0. The molecule has 0 fully saturated rings. The summed E-state index contributed by atoms with van der Waals surface area (Å²) in [5, 5.41) is 2.67. The molecule has 0 saturated carbocycles. The van der Waals surface area contributed by atoms with Gasteiger partial charge in [0.15, 0.2) is 0 Å². The van der Waals surface area contributed by atoms with Crippen LogP contribution in [0.15, 0.2) is 24.4 Å². The minimum absolute atomic E-state index is 0. The van der Waals surface area contributed by atoms with E-state index in [1.165, 1.54) is 0 Å². The third kappa shape index (κ3) is 3.32. The first-order valence-corrected chi connectivity index (χ1v) is 2.37. The first-order chi connectivity index (χ1) is 3.93. The van der Waals surface area contributed by atoms with Crippen molar-refractivity contribution in [2.24, 2.45) is 0 Å². The number of hydrogen-bond acceptors (Lipinski definition) is 2. The van der Waals surface area contributed by atoms with Gasteiger partial charge >= 0.3 is 51.4 Å². The summed E-state index contributed by atoms with van der Waals surface area (Å²) in [7, 11) is 3.44. The Balaban J connectivity index is 0.000000640. The number of anilines is 1. The molecule has 2 nitrogen and oxygen atoms in total. The third-order valence-electron chi connectivity index (χ3n) is 0.846. The second kappa shape index (κ2) is 5.38. The SMILES string of the molecule is [CH2-]Nc1ccccn1.[K+]. The minimum atomic E-state index is 0. The van der Waals surface area contributed by atoms with Gasteiger partial charge in [-0.15, -0.1) is 0 Å². The van der Waals surface area contributed by atoms with E-state index in [0.717, 1.165) is 5.82 Å². The van der Waals surface area contributed by atoms with E-state index in [2.05, 4.69) is 17.3 Å². The Hall–Kier alpha value is 0.586. The molecule has 0 radical (unpaired) electrons. The van der Waals surface area contributed by atoms with E-state index in [1.807, 2.05) is 18.2 Å². The Kier molecular flexibility index (Phi) is 5.73. The first kappa shape index (κ1) is 9.59. The van der Waals surface area contributed by atoms with Crippen LogP contribution in [-0.4, -0.2) is 4.98 Å². The van der Waals surface area contributed by atoms with Crippen LogP contribution < -0.4 is 56.7 Å². The number of hydrogen-bond donors (Lipinski definition) is 1. The molecule has 0 aromatic carbocycles. The number of aromatic nitrogens is 1. The van der Waals surface area contributed by atoms with Gasteiger partial charge in [0.05, 0.1) is 5.82 Å². The van der Waals surface area contributed by atoms with E-state index in [0.29, 0.717) is 0 Å². The van der Waals surface area contributed by atoms with Crippen molar-refractivity contribution < 1.29 is 51.4 Å². The van der Waals surface area contributed by atoms with Crippen LogP contribution in [0.2, 0.25) is 0 Å². The largest absolute Gasteiger partial charge is 1.00 e. The summed E-state index contributed by atoms with van der Waals surface area (Å²) in [6, 6.07) is 5.62. The first-order valence-electron chi connectivity index (χ1n) is 2.37. The van der Waals surface area contributed by atoms with Gasteiger partial charge in [-0.25, -0.2) is 4.98 Å². The molecule has 9 heavy (non-hydrogen) atoms. The Morgan fingerprint density at radius 2 is 2.22 bits per heavy atom. The second-order valence-corrected chi connectivity index (χ2v) is 1.39. The van der Waals surface area contributed by atoms with Gasteiger partial charge in [0.25, 0.3) is 0 Å². The van der Waals surface area contributed by atoms with Crippen molar-refractivity contribution in [1.82, 2.24) is 4.98 Å². The van der Waals surface area contributed by atoms with E-state index in [9.17, 15) is 0 Å². The van der Waals surface area contributed by atoms with E-state index in [-0.39, 0.29) is 51.4 Å². The summed E-state index contributed by atoms with van der Waals surface area (Å²) < 4.78 is 0. The molecule has 1 rings (SSSR count). The number of pyridine rings is 1. The minimum Gasteiger partial charge on any atom is -0.523 e. The smallest absolute Gasteiger partial charge is 0.523 e. The van der Waals surface area contributed by atoms with Crippen LogP contribution in [0.5, 0.6) is 0 Å². The van der Waals surface area contributed by atoms with Crippen molar-refractivity contribution in [3.8, 4) is 0 Å². The Morgan fingerprint density at radius 3 is 2.56 bits per heavy atom. The van der Waals surface area contributed by atoms with Crippen molar-refractivity contribution in [2.45, 2.75) is 0 Å². The molecular formula is C6H7KN2. The summed E-state index contributed by atoms with van der Waals surface area (Å²) >= 11 is 0.